The summed E-state index contributed by atoms with van der Waals surface area (Å²) in [5, 5.41) is 4.64. The van der Waals surface area contributed by atoms with Crippen LogP contribution in [0.4, 0.5) is 0 Å². The van der Waals surface area contributed by atoms with E-state index in [9.17, 15) is 9.59 Å². The lowest BCUT2D eigenvalue weighted by atomic mass is 10.3. The highest BCUT2D eigenvalue weighted by atomic mass is 79.9. The lowest BCUT2D eigenvalue weighted by Crippen LogP contribution is -2.15. The van der Waals surface area contributed by atoms with E-state index in [4.69, 9.17) is 4.74 Å². The number of hydrogen-bond donors (Lipinski definition) is 0. The quantitative estimate of drug-likeness (QED) is 0.640. The van der Waals surface area contributed by atoms with E-state index in [0.717, 1.165) is 15.9 Å². The van der Waals surface area contributed by atoms with Gasteiger partial charge in [-0.3, -0.25) is 9.36 Å². The number of halogens is 1. The number of thiophene rings is 2. The third kappa shape index (κ3) is 2.45. The van der Waals surface area contributed by atoms with Gasteiger partial charge in [0.05, 0.1) is 16.8 Å². The number of carbonyl (C=O) groups excluding carboxylic acids is 1. The Balaban J connectivity index is 2.30. The average Bonchev–Trinajstić information content (AvgIpc) is 3.08. The largest absolute Gasteiger partial charge is 0.462 e. The molecule has 3 aromatic rings. The summed E-state index contributed by atoms with van der Waals surface area (Å²) in [6.45, 7) is 2.08. The number of hydrogen-bond acceptors (Lipinski definition) is 5. The summed E-state index contributed by atoms with van der Waals surface area (Å²) in [6.07, 6.45) is 0. The molecule has 3 aromatic heterocycles. The van der Waals surface area contributed by atoms with E-state index in [-0.39, 0.29) is 11.5 Å². The molecule has 0 unspecified atom stereocenters. The van der Waals surface area contributed by atoms with Gasteiger partial charge in [-0.1, -0.05) is 0 Å². The Labute approximate surface area is 136 Å². The molecule has 0 aromatic carbocycles. The van der Waals surface area contributed by atoms with Gasteiger partial charge in [0, 0.05) is 16.8 Å². The first-order valence-electron chi connectivity index (χ1n) is 6.17. The number of esters is 1. The van der Waals surface area contributed by atoms with Crippen molar-refractivity contribution in [2.24, 2.45) is 0 Å². The summed E-state index contributed by atoms with van der Waals surface area (Å²) in [6, 6.07) is 5.11. The molecule has 0 atom stereocenters. The lowest BCUT2D eigenvalue weighted by molar-refractivity contribution is 0.0531. The van der Waals surface area contributed by atoms with Gasteiger partial charge in [-0.2, -0.15) is 11.3 Å². The summed E-state index contributed by atoms with van der Waals surface area (Å²) < 4.78 is 7.34. The van der Waals surface area contributed by atoms with Crippen molar-refractivity contribution in [1.29, 1.82) is 0 Å². The van der Waals surface area contributed by atoms with Crippen LogP contribution in [0.15, 0.2) is 38.2 Å². The van der Waals surface area contributed by atoms with Crippen LogP contribution in [0, 0.1) is 0 Å². The molecule has 0 aliphatic heterocycles. The van der Waals surface area contributed by atoms with Crippen LogP contribution in [0.2, 0.25) is 0 Å². The first kappa shape index (κ1) is 14.5. The van der Waals surface area contributed by atoms with Crippen molar-refractivity contribution in [3.05, 3.63) is 48.7 Å². The third-order valence-electron chi connectivity index (χ3n) is 2.91. The molecule has 0 amide bonds. The molecule has 3 rings (SSSR count). The van der Waals surface area contributed by atoms with Crippen LogP contribution in [0.5, 0.6) is 0 Å². The van der Waals surface area contributed by atoms with E-state index < -0.39 is 0 Å². The Kier molecular flexibility index (Phi) is 3.97. The maximum absolute atomic E-state index is 12.2. The van der Waals surface area contributed by atoms with Crippen LogP contribution < -0.4 is 5.56 Å². The molecule has 0 aliphatic carbocycles. The van der Waals surface area contributed by atoms with Gasteiger partial charge in [-0.05, 0) is 40.4 Å². The van der Waals surface area contributed by atoms with Gasteiger partial charge in [0.25, 0.3) is 5.56 Å². The zero-order valence-corrected chi connectivity index (χ0v) is 14.2. The van der Waals surface area contributed by atoms with Crippen LogP contribution in [0.1, 0.15) is 16.6 Å². The third-order valence-corrected chi connectivity index (χ3v) is 5.83. The van der Waals surface area contributed by atoms with Crippen molar-refractivity contribution in [2.75, 3.05) is 6.61 Å². The monoisotopic (exact) mass is 383 g/mol. The van der Waals surface area contributed by atoms with E-state index in [0.29, 0.717) is 16.0 Å². The summed E-state index contributed by atoms with van der Waals surface area (Å²) in [5.41, 5.74) is 0.685. The first-order chi connectivity index (χ1) is 10.1. The van der Waals surface area contributed by atoms with Gasteiger partial charge >= 0.3 is 5.97 Å². The van der Waals surface area contributed by atoms with Crippen LogP contribution in [-0.4, -0.2) is 17.1 Å². The number of ether oxygens (including phenoxy) is 1. The summed E-state index contributed by atoms with van der Waals surface area (Å²) in [7, 11) is 0. The number of aromatic nitrogens is 1. The molecule has 0 spiro atoms. The molecule has 0 radical (unpaired) electrons. The fraction of sp³-hybridized carbons (Fsp3) is 0.143. The minimum atomic E-state index is -0.380. The van der Waals surface area contributed by atoms with Crippen molar-refractivity contribution in [2.45, 2.75) is 6.92 Å². The standard InChI is InChI=1S/C14H10BrNO3S2/c1-2-19-14(18)12-11(15)9-3-4-10(17)16(13(9)21-12)8-5-6-20-7-8/h3-7H,2H2,1H3. The second kappa shape index (κ2) is 5.75. The number of pyridine rings is 1. The molecule has 0 N–H and O–H groups in total. The molecule has 3 heterocycles. The van der Waals surface area contributed by atoms with Gasteiger partial charge in [0.2, 0.25) is 0 Å². The molecule has 21 heavy (non-hydrogen) atoms. The highest BCUT2D eigenvalue weighted by molar-refractivity contribution is 9.10. The van der Waals surface area contributed by atoms with Crippen molar-refractivity contribution < 1.29 is 9.53 Å². The Bertz CT molecular complexity index is 864. The second-order valence-corrected chi connectivity index (χ2v) is 6.75. The van der Waals surface area contributed by atoms with E-state index in [2.05, 4.69) is 15.9 Å². The van der Waals surface area contributed by atoms with Gasteiger partial charge in [-0.15, -0.1) is 11.3 Å². The molecule has 4 nitrogen and oxygen atoms in total. The maximum Gasteiger partial charge on any atom is 0.349 e. The predicted octanol–water partition coefficient (Wildman–Crippen LogP) is 4.05. The molecule has 0 fully saturated rings. The Morgan fingerprint density at radius 3 is 2.86 bits per heavy atom. The zero-order chi connectivity index (χ0) is 15.0. The average molecular weight is 384 g/mol. The normalized spacial score (nSPS) is 11.0. The Morgan fingerprint density at radius 2 is 2.19 bits per heavy atom. The second-order valence-electron chi connectivity index (χ2n) is 4.17. The lowest BCUT2D eigenvalue weighted by Gasteiger charge is -2.03. The molecule has 108 valence electrons. The number of nitrogens with zero attached hydrogens (tertiary/aromatic N) is 1. The van der Waals surface area contributed by atoms with Crippen LogP contribution in [0.25, 0.3) is 15.9 Å². The van der Waals surface area contributed by atoms with E-state index in [1.807, 2.05) is 16.8 Å². The fourth-order valence-corrected chi connectivity index (χ4v) is 4.59. The van der Waals surface area contributed by atoms with Crippen LogP contribution >= 0.6 is 38.6 Å². The van der Waals surface area contributed by atoms with E-state index in [1.54, 1.807) is 17.6 Å². The summed E-state index contributed by atoms with van der Waals surface area (Å²) >= 11 is 6.22. The Morgan fingerprint density at radius 1 is 1.38 bits per heavy atom. The minimum absolute atomic E-state index is 0.120. The highest BCUT2D eigenvalue weighted by Crippen LogP contribution is 2.36. The topological polar surface area (TPSA) is 48.3 Å². The summed E-state index contributed by atoms with van der Waals surface area (Å²) in [5.74, 6) is -0.380. The van der Waals surface area contributed by atoms with Crippen molar-refractivity contribution in [3.63, 3.8) is 0 Å². The van der Waals surface area contributed by atoms with Crippen molar-refractivity contribution >= 4 is 54.8 Å². The van der Waals surface area contributed by atoms with Gasteiger partial charge in [-0.25, -0.2) is 4.79 Å². The van der Waals surface area contributed by atoms with Crippen LogP contribution in [0.3, 0.4) is 0 Å². The van der Waals surface area contributed by atoms with Gasteiger partial charge in [0.15, 0.2) is 0 Å². The number of rotatable bonds is 3. The van der Waals surface area contributed by atoms with Crippen LogP contribution in [-0.2, 0) is 4.74 Å². The highest BCUT2D eigenvalue weighted by Gasteiger charge is 2.20. The van der Waals surface area contributed by atoms with Crippen molar-refractivity contribution in [3.8, 4) is 5.69 Å². The van der Waals surface area contributed by atoms with E-state index in [1.165, 1.54) is 28.7 Å². The smallest absolute Gasteiger partial charge is 0.349 e. The zero-order valence-electron chi connectivity index (χ0n) is 11.0. The molecule has 0 bridgehead atoms. The van der Waals surface area contributed by atoms with Gasteiger partial charge in [0.1, 0.15) is 9.71 Å². The Hall–Kier alpha value is -1.44. The maximum atomic E-state index is 12.2. The predicted molar refractivity (Wildman–Crippen MR) is 89.0 cm³/mol. The summed E-state index contributed by atoms with van der Waals surface area (Å²) in [4.78, 5) is 25.4. The van der Waals surface area contributed by atoms with E-state index >= 15 is 0 Å². The SMILES string of the molecule is CCOC(=O)c1sc2c(ccc(=O)n2-c2ccsc2)c1Br. The fourth-order valence-electron chi connectivity index (χ4n) is 2.01. The molecule has 0 saturated carbocycles. The number of carbonyl (C=O) groups is 1. The van der Waals surface area contributed by atoms with Crippen molar-refractivity contribution in [1.82, 2.24) is 4.57 Å². The molecule has 0 saturated heterocycles. The number of fused-ring (bicyclic) bond motifs is 1. The minimum Gasteiger partial charge on any atom is -0.462 e. The molecular weight excluding hydrogens is 374 g/mol. The van der Waals surface area contributed by atoms with Gasteiger partial charge < -0.3 is 4.74 Å². The molecule has 7 heteroatoms. The molecule has 0 aliphatic rings. The molecular formula is C14H10BrNO3S2. The first-order valence-corrected chi connectivity index (χ1v) is 8.72.